The minimum Gasteiger partial charge on any atom is -0.456 e. The molecule has 9 nitrogen and oxygen atoms in total. The Morgan fingerprint density at radius 1 is 0.154 bits per heavy atom. The molecule has 23 aromatic rings. The second kappa shape index (κ2) is 30.0. The largest absolute Gasteiger partial charge is 0.456 e. The first-order valence-electron chi connectivity index (χ1n) is 39.2. The fourth-order valence-electron chi connectivity index (χ4n) is 16.3. The maximum atomic E-state index is 6.13. The van der Waals surface area contributed by atoms with Crippen LogP contribution in [-0.2, 0) is 0 Å². The molecule has 0 saturated heterocycles. The molecule has 0 radical (unpaired) electrons. The van der Waals surface area contributed by atoms with Crippen molar-refractivity contribution in [3.8, 4) is 123 Å². The van der Waals surface area contributed by atoms with Crippen LogP contribution < -0.4 is 0 Å². The third-order valence-electron chi connectivity index (χ3n) is 21.9. The zero-order valence-electron chi connectivity index (χ0n) is 63.2. The van der Waals surface area contributed by atoms with E-state index >= 15 is 0 Å². The van der Waals surface area contributed by atoms with E-state index in [1.54, 1.807) is 0 Å². The first-order valence-corrected chi connectivity index (χ1v) is 39.2. The Balaban J connectivity index is 0.000000110. The standard InChI is InChI=1S/2C38H24N2O.C32H20N2O/c1-3-11-27(12-4-1)36-37(28-13-5-2-6-14-28)40-38-30(17-9-18-32(38)39-36)26-23-21-25(22-24-26)29-16-10-20-34-35(29)31-15-7-8-19-33(31)41-34;1-3-10-27(11-4-1)37-38(28-12-5-2-6-13-28)40-33-24-29(22-23-32(33)39-37)25-18-20-26(21-19-25)30-15-9-17-35-36(30)31-14-7-8-16-34(31)41-35;1-3-10-21(11-4-1)31-25-19-18-23(20-27(25)33-32(34-31)22-12-5-2-6-13-22)24-15-9-17-29-30(24)26-14-7-8-16-28(26)35-29/h2*1-24H;1-20H. The minimum absolute atomic E-state index is 0.723. The Labute approximate surface area is 673 Å². The topological polar surface area (TPSA) is 117 Å². The van der Waals surface area contributed by atoms with Crippen molar-refractivity contribution in [2.75, 3.05) is 0 Å². The molecule has 0 bridgehead atoms. The van der Waals surface area contributed by atoms with Crippen LogP contribution in [0.2, 0.25) is 0 Å². The quantitative estimate of drug-likeness (QED) is 0.125. The second-order valence-corrected chi connectivity index (χ2v) is 29.0. The van der Waals surface area contributed by atoms with Crippen molar-refractivity contribution in [2.45, 2.75) is 0 Å². The highest BCUT2D eigenvalue weighted by atomic mass is 16.3. The first-order chi connectivity index (χ1) is 58.0. The average Bonchev–Trinajstić information content (AvgIpc) is 1.71. The van der Waals surface area contributed by atoms with Crippen LogP contribution in [0.1, 0.15) is 0 Å². The Kier molecular flexibility index (Phi) is 17.7. The summed E-state index contributed by atoms with van der Waals surface area (Å²) in [5.41, 5.74) is 31.9. The van der Waals surface area contributed by atoms with Gasteiger partial charge in [0.1, 0.15) is 33.5 Å². The number of benzene rings is 17. The van der Waals surface area contributed by atoms with E-state index in [0.29, 0.717) is 0 Å². The summed E-state index contributed by atoms with van der Waals surface area (Å²) >= 11 is 0. The van der Waals surface area contributed by atoms with E-state index in [1.165, 1.54) is 5.56 Å². The van der Waals surface area contributed by atoms with E-state index < -0.39 is 0 Å². The first kappa shape index (κ1) is 69.1. The smallest absolute Gasteiger partial charge is 0.160 e. The summed E-state index contributed by atoms with van der Waals surface area (Å²) in [7, 11) is 0. The van der Waals surface area contributed by atoms with Gasteiger partial charge in [-0.1, -0.05) is 346 Å². The third kappa shape index (κ3) is 13.1. The number of rotatable bonds is 11. The summed E-state index contributed by atoms with van der Waals surface area (Å²) in [6.07, 6.45) is 0. The molecule has 0 fully saturated rings. The molecule has 23 rings (SSSR count). The van der Waals surface area contributed by atoms with Crippen molar-refractivity contribution in [1.29, 1.82) is 0 Å². The van der Waals surface area contributed by atoms with E-state index in [-0.39, 0.29) is 0 Å². The number of nitrogens with zero attached hydrogens (tertiary/aromatic N) is 6. The van der Waals surface area contributed by atoms with Crippen LogP contribution >= 0.6 is 0 Å². The lowest BCUT2D eigenvalue weighted by atomic mass is 9.96. The Morgan fingerprint density at radius 2 is 0.479 bits per heavy atom. The van der Waals surface area contributed by atoms with Crippen LogP contribution in [0.3, 0.4) is 0 Å². The maximum Gasteiger partial charge on any atom is 0.160 e. The lowest BCUT2D eigenvalue weighted by Crippen LogP contribution is -1.97. The van der Waals surface area contributed by atoms with Gasteiger partial charge >= 0.3 is 0 Å². The van der Waals surface area contributed by atoms with Gasteiger partial charge in [-0.15, -0.1) is 0 Å². The van der Waals surface area contributed by atoms with Gasteiger partial charge in [0.05, 0.1) is 56.1 Å². The summed E-state index contributed by atoms with van der Waals surface area (Å²) in [5, 5.41) is 7.85. The van der Waals surface area contributed by atoms with Crippen LogP contribution in [0, 0.1) is 0 Å². The van der Waals surface area contributed by atoms with Crippen molar-refractivity contribution in [2.24, 2.45) is 0 Å². The molecule has 548 valence electrons. The Bertz CT molecular complexity index is 7600. The van der Waals surface area contributed by atoms with Gasteiger partial charge in [-0.05, 0) is 117 Å². The summed E-state index contributed by atoms with van der Waals surface area (Å²) in [5.74, 6) is 0.723. The fraction of sp³-hybridized carbons (Fsp3) is 0. The van der Waals surface area contributed by atoms with Gasteiger partial charge in [-0.2, -0.15) is 0 Å². The molecule has 6 heterocycles. The van der Waals surface area contributed by atoms with Gasteiger partial charge < -0.3 is 13.3 Å². The molecule has 17 aromatic carbocycles. The van der Waals surface area contributed by atoms with Crippen molar-refractivity contribution in [3.05, 3.63) is 413 Å². The third-order valence-corrected chi connectivity index (χ3v) is 21.9. The average molecular weight is 1500 g/mol. The van der Waals surface area contributed by atoms with Gasteiger partial charge in [0, 0.05) is 76.6 Å². The van der Waals surface area contributed by atoms with Crippen molar-refractivity contribution >= 4 is 98.8 Å². The van der Waals surface area contributed by atoms with Crippen molar-refractivity contribution in [3.63, 3.8) is 0 Å². The number of hydrogen-bond acceptors (Lipinski definition) is 9. The van der Waals surface area contributed by atoms with E-state index in [2.05, 4.69) is 243 Å². The van der Waals surface area contributed by atoms with Crippen molar-refractivity contribution in [1.82, 2.24) is 29.9 Å². The van der Waals surface area contributed by atoms with Gasteiger partial charge in [0.2, 0.25) is 0 Å². The Morgan fingerprint density at radius 3 is 0.940 bits per heavy atom. The van der Waals surface area contributed by atoms with E-state index in [4.69, 9.17) is 43.2 Å². The van der Waals surface area contributed by atoms with Crippen LogP contribution in [0.4, 0.5) is 0 Å². The van der Waals surface area contributed by atoms with Gasteiger partial charge in [0.15, 0.2) is 5.82 Å². The van der Waals surface area contributed by atoms with Crippen LogP contribution in [0.25, 0.3) is 222 Å². The summed E-state index contributed by atoms with van der Waals surface area (Å²) in [4.78, 5) is 30.7. The van der Waals surface area contributed by atoms with Crippen LogP contribution in [0.15, 0.2) is 426 Å². The van der Waals surface area contributed by atoms with Gasteiger partial charge in [-0.25, -0.2) is 29.9 Å². The summed E-state index contributed by atoms with van der Waals surface area (Å²) in [6, 6.07) is 142. The number of aromatic nitrogens is 6. The molecule has 0 N–H and O–H groups in total. The molecule has 117 heavy (non-hydrogen) atoms. The lowest BCUT2D eigenvalue weighted by molar-refractivity contribution is 0.668. The normalized spacial score (nSPS) is 11.4. The molecule has 0 saturated carbocycles. The van der Waals surface area contributed by atoms with Crippen LogP contribution in [0.5, 0.6) is 0 Å². The maximum absolute atomic E-state index is 6.13. The SMILES string of the molecule is c1ccc(-c2nc(-c3ccccc3)c3ccc(-c4cccc5oc6ccccc6c45)cc3n2)cc1.c1ccc(-c2nc3ccc(-c4ccc(-c5cccc6oc7ccccc7c56)cc4)cc3nc2-c2ccccc2)cc1.c1ccc(-c2nc3cccc(-c4ccc(-c5cccc6oc7ccccc7c56)cc4)c3nc2-c2ccccc2)cc1. The molecular weight excluding hydrogens is 1430 g/mol. The molecule has 0 amide bonds. The second-order valence-electron chi connectivity index (χ2n) is 29.0. The molecule has 6 aromatic heterocycles. The Hall–Kier alpha value is -15.8. The fourth-order valence-corrected chi connectivity index (χ4v) is 16.3. The predicted octanol–water partition coefficient (Wildman–Crippen LogP) is 28.9. The highest BCUT2D eigenvalue weighted by Crippen LogP contribution is 2.44. The molecular formula is C108H68N6O3. The number of furan rings is 3. The molecule has 0 atom stereocenters. The zero-order chi connectivity index (χ0) is 77.5. The molecule has 0 spiro atoms. The lowest BCUT2D eigenvalue weighted by Gasteiger charge is -2.13. The van der Waals surface area contributed by atoms with Gasteiger partial charge in [-0.3, -0.25) is 0 Å². The summed E-state index contributed by atoms with van der Waals surface area (Å²) in [6.45, 7) is 0. The minimum atomic E-state index is 0.723. The van der Waals surface area contributed by atoms with Crippen molar-refractivity contribution < 1.29 is 13.3 Å². The van der Waals surface area contributed by atoms with E-state index in [9.17, 15) is 0 Å². The molecule has 0 aliphatic heterocycles. The highest BCUT2D eigenvalue weighted by Gasteiger charge is 2.22. The molecule has 9 heteroatoms. The predicted molar refractivity (Wildman–Crippen MR) is 480 cm³/mol. The van der Waals surface area contributed by atoms with E-state index in [1.807, 2.05) is 170 Å². The van der Waals surface area contributed by atoms with E-state index in [0.717, 1.165) is 217 Å². The molecule has 0 aliphatic rings. The summed E-state index contributed by atoms with van der Waals surface area (Å²) < 4.78 is 18.4. The highest BCUT2D eigenvalue weighted by molar-refractivity contribution is 6.15. The number of fused-ring (bicyclic) bond motifs is 12. The molecule has 0 unspecified atom stereocenters. The van der Waals surface area contributed by atoms with Gasteiger partial charge in [0.25, 0.3) is 0 Å². The molecule has 0 aliphatic carbocycles. The van der Waals surface area contributed by atoms with Crippen LogP contribution in [-0.4, -0.2) is 29.9 Å². The monoisotopic (exact) mass is 1500 g/mol. The zero-order valence-corrected chi connectivity index (χ0v) is 63.2. The number of hydrogen-bond donors (Lipinski definition) is 0. The number of para-hydroxylation sites is 4.